The average molecular weight is 262 g/mol. The van der Waals surface area contributed by atoms with Gasteiger partial charge in [0.1, 0.15) is 5.82 Å². The molecule has 2 fully saturated rings. The van der Waals surface area contributed by atoms with Crippen molar-refractivity contribution in [3.05, 3.63) is 30.1 Å². The molecular weight excluding hydrogens is 239 g/mol. The van der Waals surface area contributed by atoms with Crippen molar-refractivity contribution in [1.29, 1.82) is 0 Å². The number of halogens is 1. The molecule has 2 nitrogen and oxygen atoms in total. The number of benzene rings is 1. The van der Waals surface area contributed by atoms with Crippen molar-refractivity contribution < 1.29 is 4.39 Å². The number of nitrogens with zero attached hydrogens (tertiary/aromatic N) is 1. The first-order valence-electron chi connectivity index (χ1n) is 7.52. The Kier molecular flexibility index (Phi) is 3.74. The highest BCUT2D eigenvalue weighted by Gasteiger charge is 2.39. The first-order chi connectivity index (χ1) is 9.29. The summed E-state index contributed by atoms with van der Waals surface area (Å²) in [4.78, 5) is 2.17. The minimum absolute atomic E-state index is 0.106. The van der Waals surface area contributed by atoms with Crippen LogP contribution >= 0.6 is 0 Å². The molecule has 1 saturated heterocycles. The third-order valence-electron chi connectivity index (χ3n) is 4.87. The van der Waals surface area contributed by atoms with Gasteiger partial charge in [0.15, 0.2) is 0 Å². The van der Waals surface area contributed by atoms with Gasteiger partial charge in [-0.15, -0.1) is 0 Å². The second-order valence-electron chi connectivity index (χ2n) is 5.86. The van der Waals surface area contributed by atoms with E-state index in [9.17, 15) is 4.39 Å². The van der Waals surface area contributed by atoms with E-state index in [4.69, 9.17) is 0 Å². The molecule has 1 heterocycles. The molecule has 3 atom stereocenters. The van der Waals surface area contributed by atoms with Gasteiger partial charge in [-0.25, -0.2) is 4.39 Å². The third-order valence-corrected chi connectivity index (χ3v) is 4.87. The number of likely N-dealkylation sites (N-methyl/N-ethyl adjacent to an activating group) is 1. The minimum Gasteiger partial charge on any atom is -0.368 e. The van der Waals surface area contributed by atoms with Crippen LogP contribution in [0.4, 0.5) is 10.1 Å². The Morgan fingerprint density at radius 2 is 2.16 bits per heavy atom. The van der Waals surface area contributed by atoms with Crippen LogP contribution in [-0.4, -0.2) is 25.7 Å². The van der Waals surface area contributed by atoms with Gasteiger partial charge in [-0.1, -0.05) is 18.6 Å². The van der Waals surface area contributed by atoms with Gasteiger partial charge in [-0.05, 0) is 50.3 Å². The Bertz CT molecular complexity index is 435. The molecule has 0 amide bonds. The van der Waals surface area contributed by atoms with Crippen molar-refractivity contribution in [3.8, 4) is 0 Å². The molecule has 2 aliphatic rings. The Balaban J connectivity index is 1.72. The quantitative estimate of drug-likeness (QED) is 0.897. The summed E-state index contributed by atoms with van der Waals surface area (Å²) >= 11 is 0. The van der Waals surface area contributed by atoms with Crippen LogP contribution in [0, 0.1) is 17.7 Å². The van der Waals surface area contributed by atoms with Crippen molar-refractivity contribution in [1.82, 2.24) is 5.32 Å². The Morgan fingerprint density at radius 3 is 2.95 bits per heavy atom. The molecule has 3 rings (SSSR count). The lowest BCUT2D eigenvalue weighted by Gasteiger charge is -2.29. The van der Waals surface area contributed by atoms with Gasteiger partial charge in [0, 0.05) is 19.1 Å². The minimum atomic E-state index is -0.106. The van der Waals surface area contributed by atoms with Crippen LogP contribution in [0.1, 0.15) is 26.2 Å². The van der Waals surface area contributed by atoms with Crippen molar-refractivity contribution in [3.63, 3.8) is 0 Å². The normalized spacial score (nSPS) is 29.5. The number of anilines is 1. The highest BCUT2D eigenvalue weighted by atomic mass is 19.1. The third kappa shape index (κ3) is 2.48. The van der Waals surface area contributed by atoms with Crippen LogP contribution in [0.5, 0.6) is 0 Å². The van der Waals surface area contributed by atoms with E-state index >= 15 is 0 Å². The fourth-order valence-corrected chi connectivity index (χ4v) is 3.85. The van der Waals surface area contributed by atoms with Crippen molar-refractivity contribution >= 4 is 5.69 Å². The Labute approximate surface area is 115 Å². The van der Waals surface area contributed by atoms with Crippen LogP contribution in [-0.2, 0) is 0 Å². The maximum Gasteiger partial charge on any atom is 0.146 e. The lowest BCUT2D eigenvalue weighted by Crippen LogP contribution is -2.41. The molecule has 1 aromatic rings. The zero-order valence-corrected chi connectivity index (χ0v) is 11.6. The molecule has 1 aromatic carbocycles. The standard InChI is InChI=1S/C16H23FN2/c1-2-19(16-9-4-3-8-14(16)17)11-15-13-7-5-6-12(13)10-18-15/h3-4,8-9,12-13,15,18H,2,5-7,10-11H2,1H3. The van der Waals surface area contributed by atoms with E-state index in [-0.39, 0.29) is 5.82 Å². The molecule has 3 unspecified atom stereocenters. The molecule has 104 valence electrons. The molecule has 1 N–H and O–H groups in total. The molecular formula is C16H23FN2. The monoisotopic (exact) mass is 262 g/mol. The predicted molar refractivity (Wildman–Crippen MR) is 76.9 cm³/mol. The lowest BCUT2D eigenvalue weighted by molar-refractivity contribution is 0.409. The summed E-state index contributed by atoms with van der Waals surface area (Å²) in [6.07, 6.45) is 4.09. The number of para-hydroxylation sites is 1. The molecule has 1 aliphatic carbocycles. The van der Waals surface area contributed by atoms with Gasteiger partial charge in [-0.3, -0.25) is 0 Å². The summed E-state index contributed by atoms with van der Waals surface area (Å²) in [5, 5.41) is 3.65. The van der Waals surface area contributed by atoms with Crippen molar-refractivity contribution in [2.24, 2.45) is 11.8 Å². The highest BCUT2D eigenvalue weighted by Crippen LogP contribution is 2.38. The molecule has 19 heavy (non-hydrogen) atoms. The zero-order valence-electron chi connectivity index (χ0n) is 11.6. The SMILES string of the molecule is CCN(CC1NCC2CCCC21)c1ccccc1F. The maximum absolute atomic E-state index is 13.9. The summed E-state index contributed by atoms with van der Waals surface area (Å²) in [5.74, 6) is 1.57. The summed E-state index contributed by atoms with van der Waals surface area (Å²) in [7, 11) is 0. The number of nitrogens with one attached hydrogen (secondary N) is 1. The van der Waals surface area contributed by atoms with E-state index in [0.717, 1.165) is 37.2 Å². The van der Waals surface area contributed by atoms with E-state index in [1.165, 1.54) is 19.3 Å². The molecule has 0 radical (unpaired) electrons. The van der Waals surface area contributed by atoms with Crippen LogP contribution in [0.3, 0.4) is 0 Å². The van der Waals surface area contributed by atoms with E-state index in [1.807, 2.05) is 12.1 Å². The molecule has 1 saturated carbocycles. The molecule has 0 spiro atoms. The van der Waals surface area contributed by atoms with E-state index in [2.05, 4.69) is 17.1 Å². The van der Waals surface area contributed by atoms with Crippen LogP contribution < -0.4 is 10.2 Å². The second kappa shape index (κ2) is 5.49. The lowest BCUT2D eigenvalue weighted by atomic mass is 9.93. The number of rotatable bonds is 4. The van der Waals surface area contributed by atoms with E-state index in [0.29, 0.717) is 6.04 Å². The number of hydrogen-bond donors (Lipinski definition) is 1. The van der Waals surface area contributed by atoms with Crippen molar-refractivity contribution in [2.75, 3.05) is 24.5 Å². The number of fused-ring (bicyclic) bond motifs is 1. The topological polar surface area (TPSA) is 15.3 Å². The van der Waals surface area contributed by atoms with Gasteiger partial charge in [0.25, 0.3) is 0 Å². The summed E-state index contributed by atoms with van der Waals surface area (Å²) in [6.45, 7) is 5.05. The predicted octanol–water partition coefficient (Wildman–Crippen LogP) is 3.04. The van der Waals surface area contributed by atoms with Gasteiger partial charge in [0.2, 0.25) is 0 Å². The Morgan fingerprint density at radius 1 is 1.32 bits per heavy atom. The highest BCUT2D eigenvalue weighted by molar-refractivity contribution is 5.47. The van der Waals surface area contributed by atoms with Gasteiger partial charge in [-0.2, -0.15) is 0 Å². The fourth-order valence-electron chi connectivity index (χ4n) is 3.85. The molecule has 0 bridgehead atoms. The summed E-state index contributed by atoms with van der Waals surface area (Å²) in [5.41, 5.74) is 0.744. The molecule has 3 heteroatoms. The van der Waals surface area contributed by atoms with Crippen LogP contribution in [0.15, 0.2) is 24.3 Å². The van der Waals surface area contributed by atoms with Crippen LogP contribution in [0.2, 0.25) is 0 Å². The van der Waals surface area contributed by atoms with E-state index < -0.39 is 0 Å². The van der Waals surface area contributed by atoms with Crippen LogP contribution in [0.25, 0.3) is 0 Å². The molecule has 1 aliphatic heterocycles. The van der Waals surface area contributed by atoms with Gasteiger partial charge < -0.3 is 10.2 Å². The first kappa shape index (κ1) is 12.9. The summed E-state index contributed by atoms with van der Waals surface area (Å²) < 4.78 is 13.9. The zero-order chi connectivity index (χ0) is 13.2. The number of hydrogen-bond acceptors (Lipinski definition) is 2. The fraction of sp³-hybridized carbons (Fsp3) is 0.625. The second-order valence-corrected chi connectivity index (χ2v) is 5.86. The van der Waals surface area contributed by atoms with Gasteiger partial charge >= 0.3 is 0 Å². The largest absolute Gasteiger partial charge is 0.368 e. The Hall–Kier alpha value is -1.09. The van der Waals surface area contributed by atoms with E-state index in [1.54, 1.807) is 12.1 Å². The smallest absolute Gasteiger partial charge is 0.146 e. The maximum atomic E-state index is 13.9. The van der Waals surface area contributed by atoms with Crippen molar-refractivity contribution in [2.45, 2.75) is 32.2 Å². The summed E-state index contributed by atoms with van der Waals surface area (Å²) in [6, 6.07) is 7.65. The molecule has 0 aromatic heterocycles. The average Bonchev–Trinajstić information content (AvgIpc) is 3.01. The van der Waals surface area contributed by atoms with Gasteiger partial charge in [0.05, 0.1) is 5.69 Å². The first-order valence-corrected chi connectivity index (χ1v) is 7.52.